The second kappa shape index (κ2) is 9.62. The second-order valence-electron chi connectivity index (χ2n) is 6.55. The summed E-state index contributed by atoms with van der Waals surface area (Å²) >= 11 is 0. The summed E-state index contributed by atoms with van der Waals surface area (Å²) in [5.74, 6) is 0.530. The Morgan fingerprint density at radius 1 is 1.07 bits per heavy atom. The van der Waals surface area contributed by atoms with E-state index in [2.05, 4.69) is 10.6 Å². The molecule has 6 heteroatoms. The topological polar surface area (TPSA) is 70.7 Å². The van der Waals surface area contributed by atoms with Crippen LogP contribution in [0.3, 0.4) is 0 Å². The first-order valence-electron chi connectivity index (χ1n) is 8.91. The van der Waals surface area contributed by atoms with Gasteiger partial charge in [-0.1, -0.05) is 24.3 Å². The fourth-order valence-electron chi connectivity index (χ4n) is 2.53. The maximum absolute atomic E-state index is 12.2. The summed E-state index contributed by atoms with van der Waals surface area (Å²) in [6.07, 6.45) is 0. The number of nitrogens with zero attached hydrogens (tertiary/aromatic N) is 1. The molecule has 0 radical (unpaired) electrons. The van der Waals surface area contributed by atoms with Crippen LogP contribution in [-0.4, -0.2) is 43.6 Å². The van der Waals surface area contributed by atoms with E-state index < -0.39 is 0 Å². The zero-order valence-corrected chi connectivity index (χ0v) is 16.3. The Labute approximate surface area is 160 Å². The zero-order valence-electron chi connectivity index (χ0n) is 16.3. The standard InChI is InChI=1S/C21H27N3O3/c1-15-7-5-9-18(13-15)27-12-11-22-21(26)24(4)14-20(25)23-19-10-6-8-16(2)17(19)3/h5-10,13H,11-12,14H2,1-4H3,(H,22,26)(H,23,25). The highest BCUT2D eigenvalue weighted by Crippen LogP contribution is 2.17. The van der Waals surface area contributed by atoms with Gasteiger partial charge in [0, 0.05) is 12.7 Å². The van der Waals surface area contributed by atoms with Gasteiger partial charge in [-0.05, 0) is 55.7 Å². The quantitative estimate of drug-likeness (QED) is 0.736. The van der Waals surface area contributed by atoms with E-state index in [9.17, 15) is 9.59 Å². The van der Waals surface area contributed by atoms with E-state index in [4.69, 9.17) is 4.74 Å². The first kappa shape index (κ1) is 20.3. The lowest BCUT2D eigenvalue weighted by Gasteiger charge is -2.18. The summed E-state index contributed by atoms with van der Waals surface area (Å²) in [6, 6.07) is 13.1. The highest BCUT2D eigenvalue weighted by Gasteiger charge is 2.13. The lowest BCUT2D eigenvalue weighted by Crippen LogP contribution is -2.42. The smallest absolute Gasteiger partial charge is 0.317 e. The molecule has 0 saturated carbocycles. The third-order valence-electron chi connectivity index (χ3n) is 4.24. The van der Waals surface area contributed by atoms with Crippen molar-refractivity contribution in [3.63, 3.8) is 0 Å². The fraction of sp³-hybridized carbons (Fsp3) is 0.333. The van der Waals surface area contributed by atoms with Crippen molar-refractivity contribution < 1.29 is 14.3 Å². The van der Waals surface area contributed by atoms with Crippen LogP contribution in [0.15, 0.2) is 42.5 Å². The SMILES string of the molecule is Cc1cccc(OCCNC(=O)N(C)CC(=O)Nc2cccc(C)c2C)c1. The van der Waals surface area contributed by atoms with Crippen molar-refractivity contribution in [2.24, 2.45) is 0 Å². The molecule has 144 valence electrons. The Hall–Kier alpha value is -3.02. The molecule has 0 heterocycles. The molecule has 0 aliphatic heterocycles. The number of ether oxygens (including phenoxy) is 1. The molecule has 27 heavy (non-hydrogen) atoms. The molecule has 0 aromatic heterocycles. The summed E-state index contributed by atoms with van der Waals surface area (Å²) in [6.45, 7) is 6.62. The summed E-state index contributed by atoms with van der Waals surface area (Å²) in [7, 11) is 1.58. The van der Waals surface area contributed by atoms with E-state index in [1.165, 1.54) is 4.90 Å². The number of likely N-dealkylation sites (N-methyl/N-ethyl adjacent to an activating group) is 1. The number of aryl methyl sites for hydroxylation is 2. The predicted octanol–water partition coefficient (Wildman–Crippen LogP) is 3.27. The summed E-state index contributed by atoms with van der Waals surface area (Å²) < 4.78 is 5.59. The Balaban J connectivity index is 1.73. The molecule has 0 spiro atoms. The van der Waals surface area contributed by atoms with E-state index in [0.717, 1.165) is 28.1 Å². The van der Waals surface area contributed by atoms with Crippen molar-refractivity contribution in [3.8, 4) is 5.75 Å². The summed E-state index contributed by atoms with van der Waals surface area (Å²) in [5.41, 5.74) is 4.00. The molecule has 2 N–H and O–H groups in total. The van der Waals surface area contributed by atoms with Crippen LogP contribution in [0, 0.1) is 20.8 Å². The van der Waals surface area contributed by atoms with Crippen LogP contribution in [0.1, 0.15) is 16.7 Å². The third-order valence-corrected chi connectivity index (χ3v) is 4.24. The number of rotatable bonds is 7. The van der Waals surface area contributed by atoms with Gasteiger partial charge in [-0.2, -0.15) is 0 Å². The molecule has 0 fully saturated rings. The number of hydrogen-bond donors (Lipinski definition) is 2. The molecule has 2 aromatic rings. The normalized spacial score (nSPS) is 10.2. The van der Waals surface area contributed by atoms with Crippen LogP contribution < -0.4 is 15.4 Å². The van der Waals surface area contributed by atoms with Gasteiger partial charge in [-0.15, -0.1) is 0 Å². The van der Waals surface area contributed by atoms with Crippen LogP contribution in [0.4, 0.5) is 10.5 Å². The van der Waals surface area contributed by atoms with Crippen molar-refractivity contribution >= 4 is 17.6 Å². The van der Waals surface area contributed by atoms with E-state index in [-0.39, 0.29) is 18.5 Å². The van der Waals surface area contributed by atoms with Gasteiger partial charge < -0.3 is 20.3 Å². The van der Waals surface area contributed by atoms with E-state index in [0.29, 0.717) is 13.2 Å². The first-order chi connectivity index (χ1) is 12.9. The van der Waals surface area contributed by atoms with Gasteiger partial charge in [-0.3, -0.25) is 4.79 Å². The molecule has 0 unspecified atom stereocenters. The molecule has 0 bridgehead atoms. The number of carbonyl (C=O) groups excluding carboxylic acids is 2. The molecule has 3 amide bonds. The second-order valence-corrected chi connectivity index (χ2v) is 6.55. The van der Waals surface area contributed by atoms with Crippen molar-refractivity contribution in [2.45, 2.75) is 20.8 Å². The van der Waals surface area contributed by atoms with Gasteiger partial charge in [-0.25, -0.2) is 4.79 Å². The molecular weight excluding hydrogens is 342 g/mol. The first-order valence-corrected chi connectivity index (χ1v) is 8.91. The largest absolute Gasteiger partial charge is 0.492 e. The predicted molar refractivity (Wildman–Crippen MR) is 107 cm³/mol. The van der Waals surface area contributed by atoms with Crippen LogP contribution in [0.25, 0.3) is 0 Å². The summed E-state index contributed by atoms with van der Waals surface area (Å²) in [5, 5.41) is 5.58. The molecule has 2 rings (SSSR count). The average molecular weight is 369 g/mol. The third kappa shape index (κ3) is 6.33. The number of amides is 3. The van der Waals surface area contributed by atoms with E-state index in [1.807, 2.05) is 63.2 Å². The average Bonchev–Trinajstić information content (AvgIpc) is 2.62. The van der Waals surface area contributed by atoms with E-state index >= 15 is 0 Å². The molecule has 0 saturated heterocycles. The molecular formula is C21H27N3O3. The van der Waals surface area contributed by atoms with Crippen LogP contribution in [-0.2, 0) is 4.79 Å². The molecule has 0 aliphatic carbocycles. The molecule has 0 atom stereocenters. The monoisotopic (exact) mass is 369 g/mol. The number of hydrogen-bond acceptors (Lipinski definition) is 3. The van der Waals surface area contributed by atoms with Crippen LogP contribution in [0.2, 0.25) is 0 Å². The van der Waals surface area contributed by atoms with Gasteiger partial charge in [0.05, 0.1) is 6.54 Å². The Bertz CT molecular complexity index is 805. The summed E-state index contributed by atoms with van der Waals surface area (Å²) in [4.78, 5) is 25.6. The van der Waals surface area contributed by atoms with Crippen LogP contribution >= 0.6 is 0 Å². The molecule has 6 nitrogen and oxygen atoms in total. The maximum atomic E-state index is 12.2. The highest BCUT2D eigenvalue weighted by molar-refractivity contribution is 5.95. The number of benzene rings is 2. The highest BCUT2D eigenvalue weighted by atomic mass is 16.5. The fourth-order valence-corrected chi connectivity index (χ4v) is 2.53. The maximum Gasteiger partial charge on any atom is 0.317 e. The van der Waals surface area contributed by atoms with Crippen molar-refractivity contribution in [3.05, 3.63) is 59.2 Å². The van der Waals surface area contributed by atoms with Crippen LogP contribution in [0.5, 0.6) is 5.75 Å². The number of urea groups is 1. The van der Waals surface area contributed by atoms with Gasteiger partial charge in [0.1, 0.15) is 18.9 Å². The molecule has 2 aromatic carbocycles. The minimum absolute atomic E-state index is 0.0298. The van der Waals surface area contributed by atoms with Gasteiger partial charge in [0.15, 0.2) is 0 Å². The van der Waals surface area contributed by atoms with E-state index in [1.54, 1.807) is 7.05 Å². The zero-order chi connectivity index (χ0) is 19.8. The Morgan fingerprint density at radius 2 is 1.81 bits per heavy atom. The van der Waals surface area contributed by atoms with Gasteiger partial charge in [0.2, 0.25) is 5.91 Å². The van der Waals surface area contributed by atoms with Gasteiger partial charge >= 0.3 is 6.03 Å². The lowest BCUT2D eigenvalue weighted by molar-refractivity contribution is -0.116. The number of anilines is 1. The Morgan fingerprint density at radius 3 is 2.56 bits per heavy atom. The number of nitrogens with one attached hydrogen (secondary N) is 2. The number of carbonyl (C=O) groups is 2. The molecule has 0 aliphatic rings. The van der Waals surface area contributed by atoms with Gasteiger partial charge in [0.25, 0.3) is 0 Å². The minimum atomic E-state index is -0.320. The van der Waals surface area contributed by atoms with Crippen molar-refractivity contribution in [1.29, 1.82) is 0 Å². The minimum Gasteiger partial charge on any atom is -0.492 e. The van der Waals surface area contributed by atoms with Crippen molar-refractivity contribution in [2.75, 3.05) is 32.1 Å². The lowest BCUT2D eigenvalue weighted by atomic mass is 10.1. The van der Waals surface area contributed by atoms with Crippen molar-refractivity contribution in [1.82, 2.24) is 10.2 Å². The Kier molecular flexibility index (Phi) is 7.23.